The van der Waals surface area contributed by atoms with Gasteiger partial charge in [-0.3, -0.25) is 19.8 Å². The number of likely N-dealkylation sites (tertiary alicyclic amines) is 1. The fraction of sp³-hybridized carbons (Fsp3) is 0.367. The van der Waals surface area contributed by atoms with E-state index in [9.17, 15) is 28.1 Å². The van der Waals surface area contributed by atoms with Crippen LogP contribution in [0.1, 0.15) is 46.8 Å². The van der Waals surface area contributed by atoms with Crippen LogP contribution in [0.3, 0.4) is 0 Å². The molecule has 1 fully saturated rings. The van der Waals surface area contributed by atoms with Crippen LogP contribution in [-0.4, -0.2) is 46.8 Å². The third kappa shape index (κ3) is 7.03. The number of para-hydroxylation sites is 1. The lowest BCUT2D eigenvalue weighted by Crippen LogP contribution is -2.39. The van der Waals surface area contributed by atoms with Crippen molar-refractivity contribution in [2.45, 2.75) is 32.5 Å². The molecule has 0 aliphatic carbocycles. The minimum Gasteiger partial charge on any atom is -0.338 e. The molecule has 0 bridgehead atoms. The first kappa shape index (κ1) is 28.3. The number of halogens is 3. The van der Waals surface area contributed by atoms with Crippen molar-refractivity contribution in [2.75, 3.05) is 26.2 Å². The van der Waals surface area contributed by atoms with Crippen LogP contribution in [0.5, 0.6) is 0 Å². The molecule has 3 aromatic rings. The van der Waals surface area contributed by atoms with Gasteiger partial charge in [0.1, 0.15) is 0 Å². The standard InChI is InChI=1S/C30H32F3N3O3/c1-21(2)16-35(29(37)22-9-4-3-5-10-22)19-25-18-34(17-24-11-6-7-14-28(24)36(38)39)20-27(25)23-12-8-13-26(15-23)30(31,32)33/h3-15,21,25,27H,16-20H2,1-2H3. The van der Waals surface area contributed by atoms with Crippen molar-refractivity contribution in [1.82, 2.24) is 9.80 Å². The van der Waals surface area contributed by atoms with Crippen molar-refractivity contribution in [3.8, 4) is 0 Å². The lowest BCUT2D eigenvalue weighted by Gasteiger charge is -2.30. The van der Waals surface area contributed by atoms with Gasteiger partial charge in [-0.1, -0.05) is 68.4 Å². The highest BCUT2D eigenvalue weighted by Gasteiger charge is 2.38. The summed E-state index contributed by atoms with van der Waals surface area (Å²) in [5.41, 5.74) is 0.956. The summed E-state index contributed by atoms with van der Waals surface area (Å²) in [4.78, 5) is 28.5. The smallest absolute Gasteiger partial charge is 0.338 e. The molecule has 1 amide bonds. The molecular formula is C30H32F3N3O3. The topological polar surface area (TPSA) is 66.7 Å². The number of alkyl halides is 3. The molecule has 9 heteroatoms. The lowest BCUT2D eigenvalue weighted by molar-refractivity contribution is -0.385. The molecule has 6 nitrogen and oxygen atoms in total. The highest BCUT2D eigenvalue weighted by Crippen LogP contribution is 2.38. The summed E-state index contributed by atoms with van der Waals surface area (Å²) in [7, 11) is 0. The second-order valence-electron chi connectivity index (χ2n) is 10.5. The maximum absolute atomic E-state index is 13.6. The fourth-order valence-corrected chi connectivity index (χ4v) is 5.39. The molecule has 4 rings (SSSR count). The zero-order chi connectivity index (χ0) is 28.2. The number of carbonyl (C=O) groups excluding carboxylic acids is 1. The van der Waals surface area contributed by atoms with Gasteiger partial charge in [0.25, 0.3) is 11.6 Å². The zero-order valence-electron chi connectivity index (χ0n) is 22.0. The monoisotopic (exact) mass is 539 g/mol. The Morgan fingerprint density at radius 3 is 2.38 bits per heavy atom. The number of rotatable bonds is 9. The molecule has 0 N–H and O–H groups in total. The molecule has 1 aliphatic rings. The van der Waals surface area contributed by atoms with Crippen LogP contribution in [0.2, 0.25) is 0 Å². The van der Waals surface area contributed by atoms with Crippen molar-refractivity contribution in [1.29, 1.82) is 0 Å². The SMILES string of the molecule is CC(C)CN(CC1CN(Cc2ccccc2[N+](=O)[O-])CC1c1cccc(C(F)(F)F)c1)C(=O)c1ccccc1. The fourth-order valence-electron chi connectivity index (χ4n) is 5.39. The predicted molar refractivity (Wildman–Crippen MR) is 143 cm³/mol. The number of hydrogen-bond donors (Lipinski definition) is 0. The van der Waals surface area contributed by atoms with Crippen molar-refractivity contribution < 1.29 is 22.9 Å². The Kier molecular flexibility index (Phi) is 8.70. The van der Waals surface area contributed by atoms with Crippen LogP contribution in [-0.2, 0) is 12.7 Å². The molecule has 2 unspecified atom stereocenters. The van der Waals surface area contributed by atoms with Gasteiger partial charge in [-0.15, -0.1) is 0 Å². The molecule has 1 aliphatic heterocycles. The van der Waals surface area contributed by atoms with E-state index in [0.717, 1.165) is 6.07 Å². The second kappa shape index (κ2) is 12.0. The number of hydrogen-bond acceptors (Lipinski definition) is 4. The van der Waals surface area contributed by atoms with Gasteiger partial charge in [-0.05, 0) is 35.6 Å². The van der Waals surface area contributed by atoms with Gasteiger partial charge in [0.05, 0.1) is 10.5 Å². The third-order valence-corrected chi connectivity index (χ3v) is 7.09. The molecule has 0 radical (unpaired) electrons. The van der Waals surface area contributed by atoms with Gasteiger partial charge in [-0.2, -0.15) is 13.2 Å². The Balaban J connectivity index is 1.66. The predicted octanol–water partition coefficient (Wildman–Crippen LogP) is 6.63. The Labute approximate surface area is 226 Å². The Hall–Kier alpha value is -3.72. The van der Waals surface area contributed by atoms with Crippen LogP contribution in [0, 0.1) is 22.0 Å². The number of benzene rings is 3. The van der Waals surface area contributed by atoms with Crippen LogP contribution < -0.4 is 0 Å². The normalized spacial score (nSPS) is 17.9. The van der Waals surface area contributed by atoms with E-state index in [-0.39, 0.29) is 29.3 Å². The molecule has 0 saturated carbocycles. The molecular weight excluding hydrogens is 507 g/mol. The van der Waals surface area contributed by atoms with E-state index in [0.29, 0.717) is 49.4 Å². The summed E-state index contributed by atoms with van der Waals surface area (Å²) in [6.45, 7) is 6.11. The number of nitrogens with zero attached hydrogens (tertiary/aromatic N) is 3. The van der Waals surface area contributed by atoms with Crippen molar-refractivity contribution >= 4 is 11.6 Å². The van der Waals surface area contributed by atoms with Gasteiger partial charge in [0.15, 0.2) is 0 Å². The summed E-state index contributed by atoms with van der Waals surface area (Å²) in [6.07, 6.45) is -4.47. The van der Waals surface area contributed by atoms with Crippen molar-refractivity contribution in [2.24, 2.45) is 11.8 Å². The number of nitro benzene ring substituents is 1. The first-order valence-electron chi connectivity index (χ1n) is 13.0. The van der Waals surface area contributed by atoms with Gasteiger partial charge >= 0.3 is 6.18 Å². The van der Waals surface area contributed by atoms with Crippen LogP contribution in [0.25, 0.3) is 0 Å². The van der Waals surface area contributed by atoms with Crippen molar-refractivity contribution in [3.63, 3.8) is 0 Å². The molecule has 206 valence electrons. The van der Waals surface area contributed by atoms with E-state index in [1.54, 1.807) is 53.4 Å². The van der Waals surface area contributed by atoms with E-state index < -0.39 is 16.7 Å². The first-order valence-corrected chi connectivity index (χ1v) is 13.0. The average molecular weight is 540 g/mol. The minimum absolute atomic E-state index is 0.0114. The van der Waals surface area contributed by atoms with E-state index >= 15 is 0 Å². The van der Waals surface area contributed by atoms with E-state index in [4.69, 9.17) is 0 Å². The van der Waals surface area contributed by atoms with Gasteiger partial charge in [0, 0.05) is 55.8 Å². The number of carbonyl (C=O) groups is 1. The summed E-state index contributed by atoms with van der Waals surface area (Å²) in [5.74, 6) is -0.380. The Morgan fingerprint density at radius 1 is 1.03 bits per heavy atom. The summed E-state index contributed by atoms with van der Waals surface area (Å²) >= 11 is 0. The molecule has 1 heterocycles. The highest BCUT2D eigenvalue weighted by atomic mass is 19.4. The second-order valence-corrected chi connectivity index (χ2v) is 10.5. The maximum Gasteiger partial charge on any atom is 0.416 e. The zero-order valence-corrected chi connectivity index (χ0v) is 22.0. The maximum atomic E-state index is 13.6. The Bertz CT molecular complexity index is 1300. The highest BCUT2D eigenvalue weighted by molar-refractivity contribution is 5.94. The number of amides is 1. The molecule has 2 atom stereocenters. The lowest BCUT2D eigenvalue weighted by atomic mass is 9.87. The Morgan fingerprint density at radius 2 is 1.72 bits per heavy atom. The minimum atomic E-state index is -4.47. The largest absolute Gasteiger partial charge is 0.416 e. The van der Waals surface area contributed by atoms with Crippen LogP contribution in [0.4, 0.5) is 18.9 Å². The molecule has 1 saturated heterocycles. The first-order chi connectivity index (χ1) is 18.5. The molecule has 39 heavy (non-hydrogen) atoms. The van der Waals surface area contributed by atoms with Crippen molar-refractivity contribution in [3.05, 3.63) is 111 Å². The van der Waals surface area contributed by atoms with E-state index in [1.165, 1.54) is 18.2 Å². The molecule has 3 aromatic carbocycles. The average Bonchev–Trinajstić information content (AvgIpc) is 3.30. The molecule has 0 aromatic heterocycles. The quantitative estimate of drug-likeness (QED) is 0.226. The third-order valence-electron chi connectivity index (χ3n) is 7.09. The van der Waals surface area contributed by atoms with Gasteiger partial charge < -0.3 is 4.90 Å². The van der Waals surface area contributed by atoms with Crippen LogP contribution >= 0.6 is 0 Å². The van der Waals surface area contributed by atoms with E-state index in [1.807, 2.05) is 24.8 Å². The summed E-state index contributed by atoms with van der Waals surface area (Å²) < 4.78 is 40.7. The van der Waals surface area contributed by atoms with Gasteiger partial charge in [-0.25, -0.2) is 0 Å². The number of nitro groups is 1. The molecule has 0 spiro atoms. The summed E-state index contributed by atoms with van der Waals surface area (Å²) in [5, 5.41) is 11.6. The summed E-state index contributed by atoms with van der Waals surface area (Å²) in [6, 6.07) is 20.8. The van der Waals surface area contributed by atoms with Gasteiger partial charge in [0.2, 0.25) is 0 Å². The van der Waals surface area contributed by atoms with Crippen LogP contribution in [0.15, 0.2) is 78.9 Å². The van der Waals surface area contributed by atoms with E-state index in [2.05, 4.69) is 0 Å².